The number of unbranched alkanes of at least 4 members (excludes halogenated alkanes) is 2. The van der Waals surface area contributed by atoms with Crippen molar-refractivity contribution in [3.05, 3.63) is 83.6 Å². The third kappa shape index (κ3) is 22.5. The van der Waals surface area contributed by atoms with Gasteiger partial charge in [0.15, 0.2) is 5.71 Å². The number of aliphatic carboxylic acids is 1. The van der Waals surface area contributed by atoms with Crippen LogP contribution in [-0.2, 0) is 113 Å². The molecule has 0 radical (unpaired) electrons. The van der Waals surface area contributed by atoms with E-state index in [0.717, 1.165) is 12.1 Å². The summed E-state index contributed by atoms with van der Waals surface area (Å²) in [4.78, 5) is 10.5. The Labute approximate surface area is 556 Å². The number of carbonyl (C=O) groups is 1. The predicted octanol–water partition coefficient (Wildman–Crippen LogP) is 6.46. The first-order valence-electron chi connectivity index (χ1n) is 31.1. The Morgan fingerprint density at radius 1 is 0.484 bits per heavy atom. The number of fused-ring (bicyclic) bond motifs is 6. The van der Waals surface area contributed by atoms with Gasteiger partial charge in [-0.2, -0.15) is 38.2 Å². The van der Waals surface area contributed by atoms with Crippen molar-refractivity contribution in [3.8, 4) is 0 Å². The van der Waals surface area contributed by atoms with Gasteiger partial charge in [0, 0.05) is 92.1 Å². The molecule has 0 spiro atoms. The monoisotopic (exact) mass is 1420 g/mol. The van der Waals surface area contributed by atoms with Crippen LogP contribution in [0.4, 0.5) is 11.4 Å². The molecular formula is C63H91N2O26S4+. The van der Waals surface area contributed by atoms with E-state index in [4.69, 9.17) is 56.8 Å². The van der Waals surface area contributed by atoms with Crippen molar-refractivity contribution < 1.29 is 123 Å². The summed E-state index contributed by atoms with van der Waals surface area (Å²) >= 11 is 0. The Hall–Kier alpha value is -5.02. The largest absolute Gasteiger partial charge is 0.481 e. The van der Waals surface area contributed by atoms with Crippen LogP contribution in [0, 0.1) is 0 Å². The van der Waals surface area contributed by atoms with E-state index in [9.17, 15) is 61.8 Å². The molecule has 0 aromatic heterocycles. The van der Waals surface area contributed by atoms with Gasteiger partial charge in [-0.1, -0.05) is 12.1 Å². The summed E-state index contributed by atoms with van der Waals surface area (Å²) in [6.45, 7) is 13.0. The summed E-state index contributed by atoms with van der Waals surface area (Å²) in [7, 11) is -17.2. The first-order valence-corrected chi connectivity index (χ1v) is 36.9. The zero-order valence-electron chi connectivity index (χ0n) is 54.4. The van der Waals surface area contributed by atoms with E-state index in [1.54, 1.807) is 32.4 Å². The van der Waals surface area contributed by atoms with Crippen LogP contribution in [0.3, 0.4) is 0 Å². The van der Waals surface area contributed by atoms with Crippen LogP contribution in [0.2, 0.25) is 0 Å². The van der Waals surface area contributed by atoms with Crippen LogP contribution in [0.1, 0.15) is 70.4 Å². The molecule has 0 saturated heterocycles. The molecule has 2 unspecified atom stereocenters. The van der Waals surface area contributed by atoms with Crippen molar-refractivity contribution in [3.63, 3.8) is 0 Å². The first-order chi connectivity index (χ1) is 45.2. The fourth-order valence-corrected chi connectivity index (χ4v) is 14.2. The van der Waals surface area contributed by atoms with Crippen LogP contribution in [0.5, 0.6) is 0 Å². The third-order valence-electron chi connectivity index (χ3n) is 16.1. The number of methoxy groups -OCH3 is 2. The van der Waals surface area contributed by atoms with Gasteiger partial charge < -0.3 is 66.8 Å². The Balaban J connectivity index is 1.36. The Morgan fingerprint density at radius 2 is 0.874 bits per heavy atom. The number of nitrogens with zero attached hydrogens (tertiary/aromatic N) is 2. The number of benzene rings is 4. The number of ether oxygens (including phenoxy) is 12. The molecule has 0 amide bonds. The Bertz CT molecular complexity index is 3750. The normalized spacial score (nSPS) is 17.4. The highest BCUT2D eigenvalue weighted by Crippen LogP contribution is 2.54. The molecule has 0 saturated carbocycles. The first kappa shape index (κ1) is 79.0. The van der Waals surface area contributed by atoms with Gasteiger partial charge in [0.25, 0.3) is 40.5 Å². The highest BCUT2D eigenvalue weighted by atomic mass is 32.2. The van der Waals surface area contributed by atoms with E-state index < -0.39 is 76.9 Å². The average Bonchev–Trinajstić information content (AvgIpc) is 1.60. The van der Waals surface area contributed by atoms with E-state index in [0.29, 0.717) is 158 Å². The lowest BCUT2D eigenvalue weighted by molar-refractivity contribution is -0.438. The van der Waals surface area contributed by atoms with E-state index >= 15 is 0 Å². The van der Waals surface area contributed by atoms with Gasteiger partial charge in [-0.05, 0) is 105 Å². The van der Waals surface area contributed by atoms with Crippen molar-refractivity contribution in [1.29, 1.82) is 0 Å². The van der Waals surface area contributed by atoms with Crippen LogP contribution in [0.25, 0.3) is 21.5 Å². The maximum Gasteiger partial charge on any atom is 0.303 e. The van der Waals surface area contributed by atoms with Crippen LogP contribution in [-0.4, -0.2) is 246 Å². The average molecular weight is 1420 g/mol. The number of hydrogen-bond donors (Lipinski definition) is 5. The molecule has 28 nitrogen and oxygen atoms in total. The van der Waals surface area contributed by atoms with Gasteiger partial charge in [-0.25, -0.2) is 0 Å². The molecular weight excluding hydrogens is 1330 g/mol. The molecule has 32 heteroatoms. The van der Waals surface area contributed by atoms with Gasteiger partial charge >= 0.3 is 5.97 Å². The number of likely N-dealkylation sites (N-methyl/N-ethyl adjacent to an activating group) is 1. The third-order valence-corrected chi connectivity index (χ3v) is 19.5. The molecule has 95 heavy (non-hydrogen) atoms. The number of rotatable bonds is 49. The molecule has 6 rings (SSSR count). The van der Waals surface area contributed by atoms with Crippen molar-refractivity contribution in [2.45, 2.75) is 89.7 Å². The minimum Gasteiger partial charge on any atom is -0.481 e. The van der Waals surface area contributed by atoms with Crippen molar-refractivity contribution in [1.82, 2.24) is 0 Å². The lowest BCUT2D eigenvalue weighted by atomic mass is 9.74. The lowest BCUT2D eigenvalue weighted by Crippen LogP contribution is -2.33. The Morgan fingerprint density at radius 3 is 1.26 bits per heavy atom. The van der Waals surface area contributed by atoms with Crippen LogP contribution < -0.4 is 4.90 Å². The van der Waals surface area contributed by atoms with Crippen LogP contribution in [0.15, 0.2) is 92.0 Å². The maximum atomic E-state index is 13.1. The van der Waals surface area contributed by atoms with Gasteiger partial charge in [0.05, 0.1) is 147 Å². The summed E-state index contributed by atoms with van der Waals surface area (Å²) in [5.74, 6) is -0.972. The van der Waals surface area contributed by atoms with Gasteiger partial charge in [-0.15, -0.1) is 0 Å². The lowest BCUT2D eigenvalue weighted by Gasteiger charge is -2.30. The van der Waals surface area contributed by atoms with Crippen molar-refractivity contribution in [2.24, 2.45) is 0 Å². The van der Waals surface area contributed by atoms with Crippen molar-refractivity contribution in [2.75, 3.05) is 178 Å². The molecule has 0 fully saturated rings. The van der Waals surface area contributed by atoms with Crippen LogP contribution >= 0.6 is 0 Å². The molecule has 0 bridgehead atoms. The van der Waals surface area contributed by atoms with Gasteiger partial charge in [-0.3, -0.25) is 23.0 Å². The zero-order chi connectivity index (χ0) is 69.3. The number of carboxylic acids is 1. The van der Waals surface area contributed by atoms with E-state index in [1.165, 1.54) is 12.1 Å². The van der Waals surface area contributed by atoms with E-state index in [-0.39, 0.29) is 107 Å². The molecule has 532 valence electrons. The van der Waals surface area contributed by atoms with E-state index in [2.05, 4.69) is 0 Å². The van der Waals surface area contributed by atoms with E-state index in [1.807, 2.05) is 42.4 Å². The molecule has 2 heterocycles. The summed E-state index contributed by atoms with van der Waals surface area (Å²) in [6.07, 6.45) is 6.92. The summed E-state index contributed by atoms with van der Waals surface area (Å²) < 4.78 is 215. The molecule has 2 atom stereocenters. The summed E-state index contributed by atoms with van der Waals surface area (Å²) in [5, 5.41) is 9.59. The molecule has 4 aromatic carbocycles. The fourth-order valence-electron chi connectivity index (χ4n) is 11.6. The number of hydrogen-bond acceptors (Lipinski definition) is 22. The number of allylic oxidation sites excluding steroid dienone is 4. The predicted molar refractivity (Wildman–Crippen MR) is 349 cm³/mol. The highest BCUT2D eigenvalue weighted by molar-refractivity contribution is 7.87. The molecule has 4 aromatic rings. The molecule has 2 aliphatic rings. The van der Waals surface area contributed by atoms with Crippen molar-refractivity contribution >= 4 is 85.1 Å². The zero-order valence-corrected chi connectivity index (χ0v) is 57.7. The minimum atomic E-state index is -5.13. The second-order valence-corrected chi connectivity index (χ2v) is 28.1. The molecule has 2 aliphatic heterocycles. The highest BCUT2D eigenvalue weighted by Gasteiger charge is 2.50. The minimum absolute atomic E-state index is 0.0279. The SMILES string of the molecule is CCN1C(=CC=CC2=[N+](CCCCCC(=O)O)c3ccc4c(S(=O)(=O)O)cc(S(=O)(=O)O)cc4c3C2(C)CCOCCOCCOCCOCCOCCOC)C(C)(CCOCCOCCOCCOCCOCCOC)c2c1ccc1c(S(=O)(=O)O)cc(S(=O)(=O)O)cc21. The second kappa shape index (κ2) is 37.8. The maximum absolute atomic E-state index is 13.1. The number of carboxylic acid groups (broad SMARTS) is 1. The number of anilines is 1. The quantitative estimate of drug-likeness (QED) is 0.0180. The topological polar surface area (TPSA) is 372 Å². The standard InChI is InChI=1S/C63H90N2O26S4/c1-6-64-53-16-14-49-51(43-47(92(68,69)70)45-55(49)94(74,75)76)60(53)62(2,18-21-82-27-29-86-35-37-90-41-39-88-33-31-84-25-23-80-4)57(64)11-10-12-58-63(3,19-22-83-28-30-87-36-38-91-42-40-89-34-32-85-26-24-81-5)61-52-44-48(93(71,72)73)46-56(95(77,78)79)50(52)15-17-54(61)65(58)20-9-7-8-13-59(66)67/h10-12,14-17,43-46H,6-9,13,18-42H2,1-5H3,(H4-,66,67,68,69,70,71,72,73,74,75,76,77,78,79)/p+1. The molecule has 0 aliphatic carbocycles. The smallest absolute Gasteiger partial charge is 0.303 e. The Kier molecular flexibility index (Phi) is 31.4. The second-order valence-electron chi connectivity index (χ2n) is 22.5. The summed E-state index contributed by atoms with van der Waals surface area (Å²) in [6, 6.07) is 9.86. The fraction of sp³-hybridized carbons (Fsp3) is 0.587. The summed E-state index contributed by atoms with van der Waals surface area (Å²) in [5.41, 5.74) is 0.725. The van der Waals surface area contributed by atoms with Gasteiger partial charge in [0.2, 0.25) is 5.69 Å². The van der Waals surface area contributed by atoms with Gasteiger partial charge in [0.1, 0.15) is 16.3 Å². The molecule has 5 N–H and O–H groups in total.